The number of pyridine rings is 1. The molecule has 0 saturated heterocycles. The molecule has 0 bridgehead atoms. The molecule has 56 valence electrons. The predicted molar refractivity (Wildman–Crippen MR) is 41.6 cm³/mol. The van der Waals surface area contributed by atoms with Crippen LogP contribution in [0.2, 0.25) is 0 Å². The Hall–Kier alpha value is -1.40. The van der Waals surface area contributed by atoms with Crippen LogP contribution in [0.3, 0.4) is 0 Å². The maximum atomic E-state index is 8.49. The second kappa shape index (κ2) is 3.13. The summed E-state index contributed by atoms with van der Waals surface area (Å²) in [4.78, 5) is 3.82. The third-order valence-electron chi connectivity index (χ3n) is 1.42. The maximum absolute atomic E-state index is 8.49. The van der Waals surface area contributed by atoms with Crippen LogP contribution in [-0.4, -0.2) is 4.98 Å². The maximum Gasteiger partial charge on any atom is 0.140 e. The monoisotopic (exact) mass is 147 g/mol. The fourth-order valence-corrected chi connectivity index (χ4v) is 0.791. The van der Waals surface area contributed by atoms with Gasteiger partial charge < -0.3 is 5.73 Å². The van der Waals surface area contributed by atoms with Crippen molar-refractivity contribution in [3.63, 3.8) is 0 Å². The highest BCUT2D eigenvalue weighted by atomic mass is 14.7. The van der Waals surface area contributed by atoms with E-state index in [0.717, 1.165) is 5.56 Å². The molecule has 11 heavy (non-hydrogen) atoms. The molecule has 0 aliphatic carbocycles. The van der Waals surface area contributed by atoms with Gasteiger partial charge in [-0.05, 0) is 24.6 Å². The van der Waals surface area contributed by atoms with E-state index in [4.69, 9.17) is 11.0 Å². The van der Waals surface area contributed by atoms with Gasteiger partial charge in [0.1, 0.15) is 11.8 Å². The largest absolute Gasteiger partial charge is 0.324 e. The van der Waals surface area contributed by atoms with E-state index in [1.54, 1.807) is 12.3 Å². The first kappa shape index (κ1) is 7.70. The van der Waals surface area contributed by atoms with Gasteiger partial charge in [0.05, 0.1) is 0 Å². The Balaban J connectivity index is 3.03. The Morgan fingerprint density at radius 1 is 1.73 bits per heavy atom. The van der Waals surface area contributed by atoms with E-state index < -0.39 is 0 Å². The second-order valence-corrected chi connectivity index (χ2v) is 2.37. The molecule has 3 heteroatoms. The van der Waals surface area contributed by atoms with Gasteiger partial charge >= 0.3 is 0 Å². The van der Waals surface area contributed by atoms with Crippen LogP contribution in [0.1, 0.15) is 24.2 Å². The number of nitrogens with zero attached hydrogens (tertiary/aromatic N) is 2. The van der Waals surface area contributed by atoms with Crippen molar-refractivity contribution in [1.29, 1.82) is 5.26 Å². The molecule has 1 rings (SSSR count). The number of aromatic nitrogens is 1. The lowest BCUT2D eigenvalue weighted by molar-refractivity contribution is 0.814. The number of nitriles is 1. The van der Waals surface area contributed by atoms with Crippen LogP contribution in [0.5, 0.6) is 0 Å². The summed E-state index contributed by atoms with van der Waals surface area (Å²) in [6.45, 7) is 1.87. The normalized spacial score (nSPS) is 12.1. The summed E-state index contributed by atoms with van der Waals surface area (Å²) < 4.78 is 0. The minimum absolute atomic E-state index is 0.0369. The van der Waals surface area contributed by atoms with Crippen molar-refractivity contribution >= 4 is 0 Å². The molecule has 1 aromatic heterocycles. The summed E-state index contributed by atoms with van der Waals surface area (Å²) in [7, 11) is 0. The molecule has 2 N–H and O–H groups in total. The van der Waals surface area contributed by atoms with Gasteiger partial charge in [-0.15, -0.1) is 0 Å². The van der Waals surface area contributed by atoms with Crippen LogP contribution in [0.25, 0.3) is 0 Å². The lowest BCUT2D eigenvalue weighted by Crippen LogP contribution is -2.05. The van der Waals surface area contributed by atoms with Gasteiger partial charge in [-0.2, -0.15) is 5.26 Å². The van der Waals surface area contributed by atoms with E-state index >= 15 is 0 Å². The van der Waals surface area contributed by atoms with Crippen LogP contribution < -0.4 is 5.73 Å². The highest BCUT2D eigenvalue weighted by Gasteiger charge is 1.99. The van der Waals surface area contributed by atoms with Crippen molar-refractivity contribution < 1.29 is 0 Å². The van der Waals surface area contributed by atoms with Crippen LogP contribution in [0.4, 0.5) is 0 Å². The number of hydrogen-bond acceptors (Lipinski definition) is 3. The second-order valence-electron chi connectivity index (χ2n) is 2.37. The predicted octanol–water partition coefficient (Wildman–Crippen LogP) is 0.973. The fourth-order valence-electron chi connectivity index (χ4n) is 0.791. The number of rotatable bonds is 1. The topological polar surface area (TPSA) is 62.7 Å². The lowest BCUT2D eigenvalue weighted by atomic mass is 10.1. The third kappa shape index (κ3) is 1.76. The Kier molecular flexibility index (Phi) is 2.19. The Morgan fingerprint density at radius 3 is 3.00 bits per heavy atom. The quantitative estimate of drug-likeness (QED) is 0.643. The molecule has 0 aromatic carbocycles. The molecule has 0 aliphatic heterocycles. The van der Waals surface area contributed by atoms with Gasteiger partial charge in [-0.1, -0.05) is 0 Å². The average molecular weight is 147 g/mol. The number of nitrogens with two attached hydrogens (primary N) is 1. The summed E-state index contributed by atoms with van der Waals surface area (Å²) in [5.74, 6) is 0. The smallest absolute Gasteiger partial charge is 0.140 e. The fraction of sp³-hybridized carbons (Fsp3) is 0.250. The van der Waals surface area contributed by atoms with E-state index in [2.05, 4.69) is 4.98 Å². The molecular weight excluding hydrogens is 138 g/mol. The van der Waals surface area contributed by atoms with Gasteiger partial charge in [-0.25, -0.2) is 4.98 Å². The van der Waals surface area contributed by atoms with Crippen molar-refractivity contribution in [2.45, 2.75) is 13.0 Å². The van der Waals surface area contributed by atoms with Gasteiger partial charge in [0.2, 0.25) is 0 Å². The SMILES string of the molecule is C[C@H](N)c1ccnc(C#N)c1. The Labute approximate surface area is 65.5 Å². The first-order valence-electron chi connectivity index (χ1n) is 3.35. The highest BCUT2D eigenvalue weighted by Crippen LogP contribution is 2.08. The molecule has 1 aromatic rings. The minimum Gasteiger partial charge on any atom is -0.324 e. The lowest BCUT2D eigenvalue weighted by Gasteiger charge is -2.03. The summed E-state index contributed by atoms with van der Waals surface area (Å²) in [5, 5.41) is 8.49. The van der Waals surface area contributed by atoms with Crippen molar-refractivity contribution in [2.24, 2.45) is 5.73 Å². The molecule has 0 unspecified atom stereocenters. The molecule has 1 heterocycles. The van der Waals surface area contributed by atoms with Crippen LogP contribution in [0.15, 0.2) is 18.3 Å². The van der Waals surface area contributed by atoms with E-state index in [1.165, 1.54) is 0 Å². The molecule has 0 amide bonds. The Morgan fingerprint density at radius 2 is 2.45 bits per heavy atom. The van der Waals surface area contributed by atoms with E-state index in [9.17, 15) is 0 Å². The van der Waals surface area contributed by atoms with Crippen LogP contribution in [-0.2, 0) is 0 Å². The standard InChI is InChI=1S/C8H9N3/c1-6(10)7-2-3-11-8(4-7)5-9/h2-4,6H,10H2,1H3/t6-/m0/s1. The zero-order valence-electron chi connectivity index (χ0n) is 6.28. The average Bonchev–Trinajstić information content (AvgIpc) is 2.05. The molecule has 0 radical (unpaired) electrons. The van der Waals surface area contributed by atoms with Gasteiger partial charge in [0, 0.05) is 12.2 Å². The highest BCUT2D eigenvalue weighted by molar-refractivity contribution is 5.26. The molecular formula is C8H9N3. The van der Waals surface area contributed by atoms with Gasteiger partial charge in [0.15, 0.2) is 0 Å². The summed E-state index contributed by atoms with van der Waals surface area (Å²) >= 11 is 0. The van der Waals surface area contributed by atoms with Crippen LogP contribution >= 0.6 is 0 Å². The van der Waals surface area contributed by atoms with Gasteiger partial charge in [-0.3, -0.25) is 0 Å². The zero-order valence-corrected chi connectivity index (χ0v) is 6.28. The third-order valence-corrected chi connectivity index (χ3v) is 1.42. The van der Waals surface area contributed by atoms with E-state index in [-0.39, 0.29) is 6.04 Å². The number of hydrogen-bond donors (Lipinski definition) is 1. The zero-order chi connectivity index (χ0) is 8.27. The first-order valence-corrected chi connectivity index (χ1v) is 3.35. The van der Waals surface area contributed by atoms with Crippen LogP contribution in [0, 0.1) is 11.3 Å². The molecule has 0 spiro atoms. The first-order chi connectivity index (χ1) is 5.24. The molecule has 0 aliphatic rings. The van der Waals surface area contributed by atoms with Crippen molar-refractivity contribution in [3.05, 3.63) is 29.6 Å². The van der Waals surface area contributed by atoms with E-state index in [1.807, 2.05) is 19.1 Å². The van der Waals surface area contributed by atoms with Crippen molar-refractivity contribution in [3.8, 4) is 6.07 Å². The molecule has 0 fully saturated rings. The van der Waals surface area contributed by atoms with Crippen molar-refractivity contribution in [1.82, 2.24) is 4.98 Å². The van der Waals surface area contributed by atoms with Crippen molar-refractivity contribution in [2.75, 3.05) is 0 Å². The minimum atomic E-state index is -0.0369. The molecule has 1 atom stereocenters. The van der Waals surface area contributed by atoms with E-state index in [0.29, 0.717) is 5.69 Å². The summed E-state index contributed by atoms with van der Waals surface area (Å²) in [6.07, 6.45) is 1.59. The van der Waals surface area contributed by atoms with Gasteiger partial charge in [0.25, 0.3) is 0 Å². The molecule has 0 saturated carbocycles. The summed E-state index contributed by atoms with van der Waals surface area (Å²) in [6, 6.07) is 5.43. The molecule has 3 nitrogen and oxygen atoms in total. The Bertz CT molecular complexity index is 286. The summed E-state index contributed by atoms with van der Waals surface area (Å²) in [5.41, 5.74) is 6.96.